The van der Waals surface area contributed by atoms with Crippen LogP contribution in [0.15, 0.2) is 4.99 Å². The van der Waals surface area contributed by atoms with Crippen LogP contribution in [-0.2, 0) is 24.0 Å². The van der Waals surface area contributed by atoms with Crippen LogP contribution in [0.2, 0.25) is 0 Å². The molecule has 206 valence electrons. The third-order valence-electron chi connectivity index (χ3n) is 5.11. The SMILES string of the molecule is CC(=O)N[C@@H](CCCN=C(N)N)C(=O)N[C@@H](C)C(=O)N[C@@H](CC(C)C)[C@@H](O)CC(=O)N[C@@H](C)C(N)=O. The first-order valence-electron chi connectivity index (χ1n) is 11.8. The predicted molar refractivity (Wildman–Crippen MR) is 134 cm³/mol. The molecule has 0 rings (SSSR count). The van der Waals surface area contributed by atoms with Crippen LogP contribution in [0.25, 0.3) is 0 Å². The molecule has 5 amide bonds. The van der Waals surface area contributed by atoms with Crippen molar-refractivity contribution in [1.29, 1.82) is 0 Å². The van der Waals surface area contributed by atoms with Crippen molar-refractivity contribution in [2.45, 2.75) is 90.6 Å². The van der Waals surface area contributed by atoms with Gasteiger partial charge in [-0.25, -0.2) is 0 Å². The van der Waals surface area contributed by atoms with Crippen LogP contribution in [0.3, 0.4) is 0 Å². The standard InChI is InChI=1S/C22H42N8O6/c1-11(2)9-16(17(32)10-18(33)27-12(3)19(23)34)30-20(35)13(4)28-21(36)15(29-14(5)31)7-6-8-26-22(24)25/h11-13,15-17,32H,6-10H2,1-5H3,(H2,23,34)(H,27,33)(H,28,36)(H,29,31)(H,30,35)(H4,24,25,26)/t12-,13-,15-,16-,17-/m0/s1. The number of hydrogen-bond donors (Lipinski definition) is 8. The van der Waals surface area contributed by atoms with E-state index in [-0.39, 0.29) is 31.3 Å². The van der Waals surface area contributed by atoms with Gasteiger partial charge in [0.25, 0.3) is 0 Å². The number of guanidine groups is 1. The lowest BCUT2D eigenvalue weighted by molar-refractivity contribution is -0.132. The smallest absolute Gasteiger partial charge is 0.243 e. The molecule has 0 bridgehead atoms. The zero-order valence-corrected chi connectivity index (χ0v) is 21.7. The number of carbonyl (C=O) groups excluding carboxylic acids is 5. The summed E-state index contributed by atoms with van der Waals surface area (Å²) in [5.41, 5.74) is 15.7. The van der Waals surface area contributed by atoms with E-state index in [9.17, 15) is 29.1 Å². The molecular weight excluding hydrogens is 472 g/mol. The zero-order valence-electron chi connectivity index (χ0n) is 21.7. The number of primary amides is 1. The van der Waals surface area contributed by atoms with Gasteiger partial charge in [-0.15, -0.1) is 0 Å². The fraction of sp³-hybridized carbons (Fsp3) is 0.727. The lowest BCUT2D eigenvalue weighted by Crippen LogP contribution is -2.55. The second-order valence-corrected chi connectivity index (χ2v) is 9.14. The predicted octanol–water partition coefficient (Wildman–Crippen LogP) is -2.68. The van der Waals surface area contributed by atoms with E-state index in [2.05, 4.69) is 26.3 Å². The van der Waals surface area contributed by atoms with E-state index in [1.807, 2.05) is 13.8 Å². The molecule has 0 heterocycles. The van der Waals surface area contributed by atoms with Crippen molar-refractivity contribution in [2.24, 2.45) is 28.1 Å². The van der Waals surface area contributed by atoms with Gasteiger partial charge < -0.3 is 43.6 Å². The first kappa shape index (κ1) is 32.6. The minimum absolute atomic E-state index is 0.0665. The van der Waals surface area contributed by atoms with Crippen LogP contribution in [0.5, 0.6) is 0 Å². The zero-order chi connectivity index (χ0) is 28.0. The highest BCUT2D eigenvalue weighted by molar-refractivity contribution is 5.91. The molecule has 0 aromatic carbocycles. The van der Waals surface area contributed by atoms with E-state index in [4.69, 9.17) is 17.2 Å². The van der Waals surface area contributed by atoms with E-state index in [1.54, 1.807) is 0 Å². The van der Waals surface area contributed by atoms with Crippen molar-refractivity contribution in [3.8, 4) is 0 Å². The van der Waals surface area contributed by atoms with Crippen LogP contribution in [0, 0.1) is 5.92 Å². The number of carbonyl (C=O) groups is 5. The summed E-state index contributed by atoms with van der Waals surface area (Å²) in [4.78, 5) is 64.1. The van der Waals surface area contributed by atoms with Gasteiger partial charge in [0.05, 0.1) is 18.6 Å². The van der Waals surface area contributed by atoms with E-state index in [0.717, 1.165) is 0 Å². The molecule has 5 atom stereocenters. The van der Waals surface area contributed by atoms with Crippen LogP contribution >= 0.6 is 0 Å². The van der Waals surface area contributed by atoms with Crippen molar-refractivity contribution in [1.82, 2.24) is 21.3 Å². The second-order valence-electron chi connectivity index (χ2n) is 9.14. The number of amides is 5. The highest BCUT2D eigenvalue weighted by atomic mass is 16.3. The Morgan fingerprint density at radius 1 is 0.861 bits per heavy atom. The minimum Gasteiger partial charge on any atom is -0.390 e. The van der Waals surface area contributed by atoms with Crippen molar-refractivity contribution in [3.63, 3.8) is 0 Å². The van der Waals surface area contributed by atoms with E-state index in [0.29, 0.717) is 12.8 Å². The number of nitrogens with one attached hydrogen (secondary N) is 4. The van der Waals surface area contributed by atoms with Crippen LogP contribution in [0.4, 0.5) is 0 Å². The van der Waals surface area contributed by atoms with Crippen molar-refractivity contribution >= 4 is 35.5 Å². The van der Waals surface area contributed by atoms with Gasteiger partial charge in [0.15, 0.2) is 5.96 Å². The van der Waals surface area contributed by atoms with Crippen LogP contribution < -0.4 is 38.5 Å². The number of nitrogens with zero attached hydrogens (tertiary/aromatic N) is 1. The highest BCUT2D eigenvalue weighted by Crippen LogP contribution is 2.12. The van der Waals surface area contributed by atoms with Gasteiger partial charge in [0.2, 0.25) is 29.5 Å². The summed E-state index contributed by atoms with van der Waals surface area (Å²) in [6.45, 7) is 8.17. The average Bonchev–Trinajstić information content (AvgIpc) is 2.73. The molecular formula is C22H42N8O6. The molecule has 0 radical (unpaired) electrons. The normalized spacial score (nSPS) is 15.0. The molecule has 0 spiro atoms. The molecule has 11 N–H and O–H groups in total. The third-order valence-corrected chi connectivity index (χ3v) is 5.11. The maximum Gasteiger partial charge on any atom is 0.243 e. The molecule has 36 heavy (non-hydrogen) atoms. The number of hydrogen-bond acceptors (Lipinski definition) is 7. The van der Waals surface area contributed by atoms with Gasteiger partial charge in [0.1, 0.15) is 18.1 Å². The summed E-state index contributed by atoms with van der Waals surface area (Å²) in [6.07, 6.45) is -0.607. The molecule has 0 saturated heterocycles. The summed E-state index contributed by atoms with van der Waals surface area (Å²) in [7, 11) is 0. The maximum absolute atomic E-state index is 12.8. The van der Waals surface area contributed by atoms with Gasteiger partial charge in [-0.2, -0.15) is 0 Å². The van der Waals surface area contributed by atoms with Crippen LogP contribution in [-0.4, -0.2) is 77.4 Å². The van der Waals surface area contributed by atoms with E-state index in [1.165, 1.54) is 20.8 Å². The quantitative estimate of drug-likeness (QED) is 0.0611. The summed E-state index contributed by atoms with van der Waals surface area (Å²) < 4.78 is 0. The fourth-order valence-corrected chi connectivity index (χ4v) is 3.23. The molecule has 14 heteroatoms. The first-order chi connectivity index (χ1) is 16.6. The summed E-state index contributed by atoms with van der Waals surface area (Å²) >= 11 is 0. The maximum atomic E-state index is 12.8. The van der Waals surface area contributed by atoms with Gasteiger partial charge in [-0.1, -0.05) is 13.8 Å². The van der Waals surface area contributed by atoms with E-state index >= 15 is 0 Å². The number of aliphatic hydroxyl groups is 1. The van der Waals surface area contributed by atoms with E-state index < -0.39 is 59.8 Å². The third kappa shape index (κ3) is 14.1. The number of nitrogens with two attached hydrogens (primary N) is 3. The Labute approximate surface area is 211 Å². The molecule has 0 saturated carbocycles. The van der Waals surface area contributed by atoms with Crippen molar-refractivity contribution in [3.05, 3.63) is 0 Å². The number of aliphatic hydroxyl groups excluding tert-OH is 1. The topological polar surface area (TPSA) is 244 Å². The Hall–Kier alpha value is -3.42. The number of rotatable bonds is 16. The lowest BCUT2D eigenvalue weighted by Gasteiger charge is -2.28. The second kappa shape index (κ2) is 16.3. The summed E-state index contributed by atoms with van der Waals surface area (Å²) in [5.74, 6) is -2.91. The monoisotopic (exact) mass is 514 g/mol. The fourth-order valence-electron chi connectivity index (χ4n) is 3.23. The van der Waals surface area contributed by atoms with Crippen molar-refractivity contribution < 1.29 is 29.1 Å². The van der Waals surface area contributed by atoms with Gasteiger partial charge in [-0.05, 0) is 39.0 Å². The molecule has 0 fully saturated rings. The molecule has 0 aliphatic rings. The summed E-state index contributed by atoms with van der Waals surface area (Å²) in [6, 6.07) is -3.61. The molecule has 0 aromatic heterocycles. The Morgan fingerprint density at radius 3 is 1.97 bits per heavy atom. The molecule has 0 unspecified atom stereocenters. The highest BCUT2D eigenvalue weighted by Gasteiger charge is 2.29. The van der Waals surface area contributed by atoms with Gasteiger partial charge >= 0.3 is 0 Å². The molecule has 0 aromatic rings. The first-order valence-corrected chi connectivity index (χ1v) is 11.8. The average molecular weight is 515 g/mol. The largest absolute Gasteiger partial charge is 0.390 e. The Morgan fingerprint density at radius 2 is 1.47 bits per heavy atom. The number of aliphatic imine (C=N–C) groups is 1. The Balaban J connectivity index is 5.15. The van der Waals surface area contributed by atoms with Gasteiger partial charge in [0, 0.05) is 13.5 Å². The Kier molecular flexibility index (Phi) is 14.7. The van der Waals surface area contributed by atoms with Crippen molar-refractivity contribution in [2.75, 3.05) is 6.54 Å². The molecule has 0 aliphatic carbocycles. The van der Waals surface area contributed by atoms with Crippen LogP contribution in [0.1, 0.15) is 60.3 Å². The lowest BCUT2D eigenvalue weighted by atomic mass is 9.96. The summed E-state index contributed by atoms with van der Waals surface area (Å²) in [5, 5.41) is 20.7. The van der Waals surface area contributed by atoms with Gasteiger partial charge in [-0.3, -0.25) is 29.0 Å². The molecule has 14 nitrogen and oxygen atoms in total. The molecule has 0 aliphatic heterocycles. The minimum atomic E-state index is -1.25. The Bertz CT molecular complexity index is 799.